The fraction of sp³-hybridized carbons (Fsp3) is 0.125. The number of hydrogen-bond donors (Lipinski definition) is 2. The average molecular weight is 288 g/mol. The van der Waals surface area contributed by atoms with Crippen molar-refractivity contribution in [3.05, 3.63) is 65.0 Å². The van der Waals surface area contributed by atoms with E-state index in [9.17, 15) is 19.1 Å². The van der Waals surface area contributed by atoms with Gasteiger partial charge in [0.15, 0.2) is 5.78 Å². The number of carboxylic acid groups (broad SMARTS) is 1. The number of aliphatic carboxylic acids is 1. The largest absolute Gasteiger partial charge is 0.507 e. The van der Waals surface area contributed by atoms with Crippen LogP contribution in [0.15, 0.2) is 42.5 Å². The number of aromatic hydroxyl groups is 1. The number of hydrogen-bond acceptors (Lipinski definition) is 3. The number of benzene rings is 2. The van der Waals surface area contributed by atoms with Crippen LogP contribution in [-0.4, -0.2) is 22.0 Å². The van der Waals surface area contributed by atoms with Crippen molar-refractivity contribution in [2.75, 3.05) is 0 Å². The molecule has 0 amide bonds. The molecule has 0 heterocycles. The number of halogens is 1. The van der Waals surface area contributed by atoms with Gasteiger partial charge in [-0.05, 0) is 36.2 Å². The lowest BCUT2D eigenvalue weighted by molar-refractivity contribution is -0.136. The van der Waals surface area contributed by atoms with Crippen LogP contribution in [0.4, 0.5) is 4.39 Å². The molecule has 0 aliphatic carbocycles. The lowest BCUT2D eigenvalue weighted by Crippen LogP contribution is -2.06. The van der Waals surface area contributed by atoms with Gasteiger partial charge >= 0.3 is 5.97 Å². The Hall–Kier alpha value is -2.69. The Morgan fingerprint density at radius 3 is 2.38 bits per heavy atom. The van der Waals surface area contributed by atoms with Gasteiger partial charge in [-0.25, -0.2) is 4.39 Å². The number of carboxylic acids is 1. The van der Waals surface area contributed by atoms with E-state index in [2.05, 4.69) is 0 Å². The third-order valence-electron chi connectivity index (χ3n) is 3.05. The minimum absolute atomic E-state index is 0.0229. The van der Waals surface area contributed by atoms with Gasteiger partial charge in [-0.1, -0.05) is 18.2 Å². The first-order chi connectivity index (χ1) is 9.99. The van der Waals surface area contributed by atoms with E-state index in [1.165, 1.54) is 24.3 Å². The number of phenols is 1. The molecule has 5 heteroatoms. The maximum atomic E-state index is 14.0. The smallest absolute Gasteiger partial charge is 0.303 e. The van der Waals surface area contributed by atoms with E-state index in [-0.39, 0.29) is 29.7 Å². The highest BCUT2D eigenvalue weighted by Gasteiger charge is 2.17. The lowest BCUT2D eigenvalue weighted by Gasteiger charge is -2.06. The van der Waals surface area contributed by atoms with E-state index in [4.69, 9.17) is 5.11 Å². The van der Waals surface area contributed by atoms with Gasteiger partial charge < -0.3 is 10.2 Å². The Kier molecular flexibility index (Phi) is 4.33. The van der Waals surface area contributed by atoms with Gasteiger partial charge in [0, 0.05) is 6.42 Å². The Balaban J connectivity index is 2.27. The van der Waals surface area contributed by atoms with Gasteiger partial charge in [0.05, 0.1) is 11.1 Å². The van der Waals surface area contributed by atoms with Crippen molar-refractivity contribution < 1.29 is 24.2 Å². The minimum atomic E-state index is -0.968. The van der Waals surface area contributed by atoms with Crippen LogP contribution in [0.3, 0.4) is 0 Å². The summed E-state index contributed by atoms with van der Waals surface area (Å²) in [5, 5.41) is 18.2. The highest BCUT2D eigenvalue weighted by molar-refractivity contribution is 6.10. The normalized spacial score (nSPS) is 10.3. The van der Waals surface area contributed by atoms with Crippen molar-refractivity contribution in [1.29, 1.82) is 0 Å². The zero-order chi connectivity index (χ0) is 15.4. The molecule has 108 valence electrons. The summed E-state index contributed by atoms with van der Waals surface area (Å²) < 4.78 is 14.0. The monoisotopic (exact) mass is 288 g/mol. The highest BCUT2D eigenvalue weighted by atomic mass is 19.1. The van der Waals surface area contributed by atoms with E-state index < -0.39 is 17.6 Å². The number of para-hydroxylation sites is 1. The topological polar surface area (TPSA) is 74.6 Å². The molecule has 2 N–H and O–H groups in total. The summed E-state index contributed by atoms with van der Waals surface area (Å²) in [6, 6.07) is 9.88. The fourth-order valence-electron chi connectivity index (χ4n) is 1.96. The van der Waals surface area contributed by atoms with E-state index in [0.29, 0.717) is 5.56 Å². The summed E-state index contributed by atoms with van der Waals surface area (Å²) >= 11 is 0. The van der Waals surface area contributed by atoms with Crippen LogP contribution in [-0.2, 0) is 11.2 Å². The molecule has 0 fully saturated rings. The first-order valence-electron chi connectivity index (χ1n) is 6.32. The van der Waals surface area contributed by atoms with Crippen molar-refractivity contribution in [3.63, 3.8) is 0 Å². The Morgan fingerprint density at radius 2 is 1.76 bits per heavy atom. The number of carbonyl (C=O) groups is 2. The van der Waals surface area contributed by atoms with Crippen LogP contribution in [0, 0.1) is 5.82 Å². The second kappa shape index (κ2) is 6.17. The molecule has 0 saturated heterocycles. The van der Waals surface area contributed by atoms with Crippen molar-refractivity contribution in [2.45, 2.75) is 12.8 Å². The van der Waals surface area contributed by atoms with Gasteiger partial charge in [0.1, 0.15) is 11.6 Å². The molecule has 0 aromatic heterocycles. The first-order valence-corrected chi connectivity index (χ1v) is 6.32. The van der Waals surface area contributed by atoms with E-state index >= 15 is 0 Å². The van der Waals surface area contributed by atoms with Crippen LogP contribution < -0.4 is 0 Å². The van der Waals surface area contributed by atoms with Crippen LogP contribution in [0.2, 0.25) is 0 Å². The molecule has 0 aliphatic heterocycles. The molecule has 2 aromatic carbocycles. The molecular formula is C16H13FO4. The number of phenolic OH excluding ortho intramolecular Hbond substituents is 1. The molecule has 2 aromatic rings. The third-order valence-corrected chi connectivity index (χ3v) is 3.05. The summed E-state index contributed by atoms with van der Waals surface area (Å²) in [4.78, 5) is 22.7. The number of ketones is 1. The average Bonchev–Trinajstić information content (AvgIpc) is 2.45. The molecular weight excluding hydrogens is 275 g/mol. The molecule has 0 aliphatic rings. The van der Waals surface area contributed by atoms with Crippen molar-refractivity contribution in [2.24, 2.45) is 0 Å². The quantitative estimate of drug-likeness (QED) is 0.830. The highest BCUT2D eigenvalue weighted by Crippen LogP contribution is 2.22. The second-order valence-corrected chi connectivity index (χ2v) is 4.55. The number of aryl methyl sites for hydroxylation is 1. The zero-order valence-corrected chi connectivity index (χ0v) is 11.0. The molecule has 0 atom stereocenters. The number of rotatable bonds is 5. The van der Waals surface area contributed by atoms with Gasteiger partial charge in [0.25, 0.3) is 0 Å². The lowest BCUT2D eigenvalue weighted by atomic mass is 9.99. The molecule has 2 rings (SSSR count). The van der Waals surface area contributed by atoms with Gasteiger partial charge in [-0.15, -0.1) is 0 Å². The van der Waals surface area contributed by atoms with Gasteiger partial charge in [0.2, 0.25) is 0 Å². The Bertz CT molecular complexity index is 694. The fourth-order valence-corrected chi connectivity index (χ4v) is 1.96. The van der Waals surface area contributed by atoms with Crippen molar-refractivity contribution in [1.82, 2.24) is 0 Å². The first kappa shape index (κ1) is 14.7. The van der Waals surface area contributed by atoms with Crippen LogP contribution in [0.25, 0.3) is 0 Å². The summed E-state index contributed by atoms with van der Waals surface area (Å²) in [5.74, 6) is -2.52. The molecule has 0 bridgehead atoms. The van der Waals surface area contributed by atoms with Gasteiger partial charge in [-0.2, -0.15) is 0 Å². The maximum absolute atomic E-state index is 14.0. The Labute approximate surface area is 120 Å². The Morgan fingerprint density at radius 1 is 1.05 bits per heavy atom. The summed E-state index contributed by atoms with van der Waals surface area (Å²) in [6.45, 7) is 0. The molecule has 0 radical (unpaired) electrons. The van der Waals surface area contributed by atoms with Crippen molar-refractivity contribution in [3.8, 4) is 5.75 Å². The summed E-state index contributed by atoms with van der Waals surface area (Å²) in [6.07, 6.45) is 0.0868. The summed E-state index contributed by atoms with van der Waals surface area (Å²) in [7, 11) is 0. The summed E-state index contributed by atoms with van der Waals surface area (Å²) in [5.41, 5.74) is 0.369. The van der Waals surface area contributed by atoms with Crippen LogP contribution in [0.5, 0.6) is 5.75 Å². The third kappa shape index (κ3) is 3.45. The van der Waals surface area contributed by atoms with Gasteiger partial charge in [-0.3, -0.25) is 9.59 Å². The van der Waals surface area contributed by atoms with Crippen LogP contribution in [0.1, 0.15) is 27.9 Å². The molecule has 0 saturated carbocycles. The second-order valence-electron chi connectivity index (χ2n) is 4.55. The molecule has 0 unspecified atom stereocenters. The van der Waals surface area contributed by atoms with Crippen LogP contribution >= 0.6 is 0 Å². The van der Waals surface area contributed by atoms with Crippen molar-refractivity contribution >= 4 is 11.8 Å². The standard InChI is InChI=1S/C16H13FO4/c17-13-9-10(6-8-15(19)20)5-7-11(13)16(21)12-3-1-2-4-14(12)18/h1-5,7,9,18H,6,8H2,(H,19,20). The number of carbonyl (C=O) groups excluding carboxylic acids is 1. The maximum Gasteiger partial charge on any atom is 0.303 e. The predicted molar refractivity (Wildman–Crippen MR) is 73.9 cm³/mol. The SMILES string of the molecule is O=C(O)CCc1ccc(C(=O)c2ccccc2O)c(F)c1. The molecule has 21 heavy (non-hydrogen) atoms. The minimum Gasteiger partial charge on any atom is -0.507 e. The molecule has 0 spiro atoms. The van der Waals surface area contributed by atoms with E-state index in [1.807, 2.05) is 0 Å². The zero-order valence-electron chi connectivity index (χ0n) is 11.0. The predicted octanol–water partition coefficient (Wildman–Crippen LogP) is 2.78. The van der Waals surface area contributed by atoms with E-state index in [1.54, 1.807) is 12.1 Å². The molecule has 4 nitrogen and oxygen atoms in total. The van der Waals surface area contributed by atoms with E-state index in [0.717, 1.165) is 6.07 Å².